The molecule has 1 N–H and O–H groups in total. The van der Waals surface area contributed by atoms with E-state index in [1.54, 1.807) is 0 Å². The van der Waals surface area contributed by atoms with Crippen LogP contribution in [0, 0.1) is 0 Å². The average Bonchev–Trinajstić information content (AvgIpc) is 2.89. The molecule has 0 aromatic heterocycles. The van der Waals surface area contributed by atoms with E-state index >= 15 is 0 Å². The van der Waals surface area contributed by atoms with Gasteiger partial charge in [0.1, 0.15) is 0 Å². The SMILES string of the molecule is CCOC(=O)N1c2ccc(C(F)(F)F)cc2C(C(O)(C(=O)OC)c2cc(C(F)(F)F)cc(C(F)(F)F)c2)=C[C@@H]1CC. The van der Waals surface area contributed by atoms with Crippen LogP contribution in [0.2, 0.25) is 0 Å². The van der Waals surface area contributed by atoms with Gasteiger partial charge in [-0.1, -0.05) is 13.0 Å². The first-order valence-corrected chi connectivity index (χ1v) is 11.8. The third-order valence-corrected chi connectivity index (χ3v) is 6.32. The number of alkyl halides is 9. The number of hydrogen-bond donors (Lipinski definition) is 1. The minimum atomic E-state index is -5.39. The molecule has 3 rings (SSSR count). The summed E-state index contributed by atoms with van der Waals surface area (Å²) < 4.78 is 132. The predicted octanol–water partition coefficient (Wildman–Crippen LogP) is 6.94. The van der Waals surface area contributed by atoms with E-state index in [9.17, 15) is 54.2 Å². The fraction of sp³-hybridized carbons (Fsp3) is 0.385. The minimum Gasteiger partial charge on any atom is -0.466 e. The van der Waals surface area contributed by atoms with Gasteiger partial charge in [-0.25, -0.2) is 9.59 Å². The van der Waals surface area contributed by atoms with E-state index in [0.29, 0.717) is 19.2 Å². The standard InChI is InChI=1S/C26H22F9NO5/c1-4-17-12-19(18-11-13(24(27,28)29)6-7-20(18)36(17)22(38)41-5-2)23(39,21(37)40-3)14-8-15(25(30,31)32)10-16(9-14)26(33,34)35/h6-12,17,39H,4-5H2,1-3H3/t17-,23?/m0/s1. The number of carbonyl (C=O) groups is 2. The second-order valence-corrected chi connectivity index (χ2v) is 8.85. The first kappa shape index (κ1) is 31.8. The number of aliphatic hydroxyl groups is 1. The van der Waals surface area contributed by atoms with Gasteiger partial charge in [-0.3, -0.25) is 4.90 Å². The number of anilines is 1. The fourth-order valence-corrected chi connectivity index (χ4v) is 4.41. The lowest BCUT2D eigenvalue weighted by atomic mass is 9.77. The molecule has 0 saturated carbocycles. The van der Waals surface area contributed by atoms with Crippen molar-refractivity contribution in [1.82, 2.24) is 0 Å². The molecule has 0 aliphatic carbocycles. The molecule has 0 radical (unpaired) electrons. The van der Waals surface area contributed by atoms with Crippen LogP contribution < -0.4 is 4.90 Å². The van der Waals surface area contributed by atoms with Crippen LogP contribution >= 0.6 is 0 Å². The largest absolute Gasteiger partial charge is 0.466 e. The molecule has 2 aromatic rings. The number of esters is 1. The number of methoxy groups -OCH3 is 1. The molecule has 0 saturated heterocycles. The van der Waals surface area contributed by atoms with E-state index < -0.39 is 75.6 Å². The molecule has 1 heterocycles. The minimum absolute atomic E-state index is 0.0313. The zero-order valence-corrected chi connectivity index (χ0v) is 21.5. The van der Waals surface area contributed by atoms with Gasteiger partial charge in [-0.15, -0.1) is 0 Å². The molecular weight excluding hydrogens is 577 g/mol. The fourth-order valence-electron chi connectivity index (χ4n) is 4.41. The van der Waals surface area contributed by atoms with E-state index in [4.69, 9.17) is 4.74 Å². The number of benzene rings is 2. The number of nitrogens with zero attached hydrogens (tertiary/aromatic N) is 1. The summed E-state index contributed by atoms with van der Waals surface area (Å²) in [7, 11) is 0.671. The summed E-state index contributed by atoms with van der Waals surface area (Å²) in [6.45, 7) is 2.78. The highest BCUT2D eigenvalue weighted by Gasteiger charge is 2.50. The van der Waals surface area contributed by atoms with Gasteiger partial charge in [0.2, 0.25) is 5.60 Å². The molecule has 1 aliphatic rings. The van der Waals surface area contributed by atoms with Crippen LogP contribution in [0.1, 0.15) is 48.1 Å². The molecule has 1 aliphatic heterocycles. The van der Waals surface area contributed by atoms with E-state index in [1.807, 2.05) is 0 Å². The zero-order chi connectivity index (χ0) is 31.1. The summed E-state index contributed by atoms with van der Waals surface area (Å²) in [5, 5.41) is 11.7. The second-order valence-electron chi connectivity index (χ2n) is 8.85. The van der Waals surface area contributed by atoms with Crippen molar-refractivity contribution in [3.8, 4) is 0 Å². The summed E-state index contributed by atoms with van der Waals surface area (Å²) in [6.07, 6.45) is -16.0. The highest BCUT2D eigenvalue weighted by molar-refractivity contribution is 6.04. The van der Waals surface area contributed by atoms with Crippen molar-refractivity contribution in [3.05, 3.63) is 70.3 Å². The van der Waals surface area contributed by atoms with Crippen molar-refractivity contribution in [1.29, 1.82) is 0 Å². The van der Waals surface area contributed by atoms with Gasteiger partial charge in [0.05, 0.1) is 42.1 Å². The van der Waals surface area contributed by atoms with Gasteiger partial charge < -0.3 is 14.6 Å². The van der Waals surface area contributed by atoms with Gasteiger partial charge in [-0.2, -0.15) is 39.5 Å². The van der Waals surface area contributed by atoms with Crippen LogP contribution in [0.25, 0.3) is 5.57 Å². The molecule has 2 atom stereocenters. The lowest BCUT2D eigenvalue weighted by Gasteiger charge is -2.39. The lowest BCUT2D eigenvalue weighted by Crippen LogP contribution is -2.46. The summed E-state index contributed by atoms with van der Waals surface area (Å²) in [6, 6.07) is 0.518. The van der Waals surface area contributed by atoms with Crippen molar-refractivity contribution >= 4 is 23.3 Å². The number of fused-ring (bicyclic) bond motifs is 1. The molecule has 41 heavy (non-hydrogen) atoms. The van der Waals surface area contributed by atoms with Crippen molar-refractivity contribution in [3.63, 3.8) is 0 Å². The van der Waals surface area contributed by atoms with Gasteiger partial charge in [0.15, 0.2) is 0 Å². The average molecular weight is 599 g/mol. The Morgan fingerprint density at radius 1 is 0.829 bits per heavy atom. The molecule has 1 unspecified atom stereocenters. The Hall–Kier alpha value is -3.75. The van der Waals surface area contributed by atoms with Crippen molar-refractivity contribution in [2.45, 2.75) is 50.4 Å². The Morgan fingerprint density at radius 3 is 1.78 bits per heavy atom. The summed E-state index contributed by atoms with van der Waals surface area (Å²) in [4.78, 5) is 26.7. The number of hydrogen-bond acceptors (Lipinski definition) is 5. The first-order valence-electron chi connectivity index (χ1n) is 11.8. The number of ether oxygens (including phenoxy) is 2. The van der Waals surface area contributed by atoms with Crippen LogP contribution in [0.15, 0.2) is 42.5 Å². The highest BCUT2D eigenvalue weighted by Crippen LogP contribution is 2.49. The Kier molecular flexibility index (Phi) is 8.46. The smallest absolute Gasteiger partial charge is 0.416 e. The topological polar surface area (TPSA) is 76.1 Å². The molecule has 0 bridgehead atoms. The highest BCUT2D eigenvalue weighted by atomic mass is 19.4. The van der Waals surface area contributed by atoms with Crippen LogP contribution in [-0.2, 0) is 38.4 Å². The van der Waals surface area contributed by atoms with Crippen molar-refractivity contribution < 1.29 is 63.7 Å². The number of rotatable bonds is 5. The Balaban J connectivity index is 2.48. The van der Waals surface area contributed by atoms with E-state index in [2.05, 4.69) is 4.74 Å². The van der Waals surface area contributed by atoms with Gasteiger partial charge in [0.25, 0.3) is 0 Å². The van der Waals surface area contributed by atoms with Crippen LogP contribution in [-0.4, -0.2) is 36.9 Å². The third-order valence-electron chi connectivity index (χ3n) is 6.32. The van der Waals surface area contributed by atoms with Crippen LogP contribution in [0.4, 0.5) is 50.0 Å². The molecule has 2 aromatic carbocycles. The number of amides is 1. The van der Waals surface area contributed by atoms with E-state index in [0.717, 1.165) is 17.0 Å². The summed E-state index contributed by atoms with van der Waals surface area (Å²) in [5.74, 6) is -1.79. The Bertz CT molecular complexity index is 1330. The van der Waals surface area contributed by atoms with Crippen LogP contribution in [0.3, 0.4) is 0 Å². The number of carbonyl (C=O) groups excluding carboxylic acids is 2. The maximum absolute atomic E-state index is 13.7. The summed E-state index contributed by atoms with van der Waals surface area (Å²) in [5.41, 5.74) is -11.8. The maximum Gasteiger partial charge on any atom is 0.416 e. The van der Waals surface area contributed by atoms with E-state index in [-0.39, 0.29) is 36.9 Å². The first-order chi connectivity index (χ1) is 18.8. The predicted molar refractivity (Wildman–Crippen MR) is 125 cm³/mol. The molecule has 15 heteroatoms. The quantitative estimate of drug-likeness (QED) is 0.298. The van der Waals surface area contributed by atoms with Gasteiger partial charge in [-0.05, 0) is 49.7 Å². The molecule has 0 spiro atoms. The van der Waals surface area contributed by atoms with Gasteiger partial charge in [0, 0.05) is 16.7 Å². The Morgan fingerprint density at radius 2 is 1.34 bits per heavy atom. The van der Waals surface area contributed by atoms with Crippen LogP contribution in [0.5, 0.6) is 0 Å². The lowest BCUT2D eigenvalue weighted by molar-refractivity contribution is -0.158. The second kappa shape index (κ2) is 10.9. The normalized spacial score (nSPS) is 17.3. The zero-order valence-electron chi connectivity index (χ0n) is 21.5. The Labute approximate surface area is 226 Å². The number of halogens is 9. The van der Waals surface area contributed by atoms with Gasteiger partial charge >= 0.3 is 30.6 Å². The maximum atomic E-state index is 13.7. The monoisotopic (exact) mass is 599 g/mol. The summed E-state index contributed by atoms with van der Waals surface area (Å²) >= 11 is 0. The molecule has 6 nitrogen and oxygen atoms in total. The molecule has 1 amide bonds. The molecule has 0 fully saturated rings. The molecule has 224 valence electrons. The van der Waals surface area contributed by atoms with Crippen molar-refractivity contribution in [2.24, 2.45) is 0 Å². The van der Waals surface area contributed by atoms with E-state index in [1.165, 1.54) is 13.8 Å². The third kappa shape index (κ3) is 5.99. The van der Waals surface area contributed by atoms with Crippen molar-refractivity contribution in [2.75, 3.05) is 18.6 Å². The molecular formula is C26H22F9NO5.